The molecule has 0 bridgehead atoms. The summed E-state index contributed by atoms with van der Waals surface area (Å²) in [6, 6.07) is 11.9. The number of anilines is 1. The van der Waals surface area contributed by atoms with Crippen LogP contribution in [0, 0.1) is 5.92 Å². The standard InChI is InChI=1S/C27H31ClN4O3S/c1-35-18-5-6-21-19(10-18)27(20(28)14-31-21)24(33)11-22(17-3-2-8-29-13-17)30-12-16-4-7-25-23(9-16)32-26(34)15-36-25/h4-7,9-10,14,17,22,24,29-30,33H,2-3,8,11-13,15H2,1H3,(H,32,34). The number of piperidine rings is 1. The highest BCUT2D eigenvalue weighted by molar-refractivity contribution is 8.00. The van der Waals surface area contributed by atoms with Crippen LogP contribution in [0.2, 0.25) is 5.02 Å². The number of aliphatic hydroxyl groups excluding tert-OH is 1. The van der Waals surface area contributed by atoms with E-state index in [2.05, 4.69) is 33.1 Å². The van der Waals surface area contributed by atoms with E-state index in [1.54, 1.807) is 25.1 Å². The molecular formula is C27H31ClN4O3S. The molecule has 2 aliphatic rings. The van der Waals surface area contributed by atoms with Crippen molar-refractivity contribution in [3.05, 3.63) is 58.7 Å². The number of amides is 1. The van der Waals surface area contributed by atoms with E-state index < -0.39 is 6.10 Å². The minimum absolute atomic E-state index is 0.0324. The van der Waals surface area contributed by atoms with Gasteiger partial charge in [-0.25, -0.2) is 0 Å². The third kappa shape index (κ3) is 5.63. The summed E-state index contributed by atoms with van der Waals surface area (Å²) in [5.41, 5.74) is 3.42. The molecule has 1 fully saturated rings. The molecular weight excluding hydrogens is 496 g/mol. The largest absolute Gasteiger partial charge is 0.497 e. The Kier molecular flexibility index (Phi) is 7.98. The van der Waals surface area contributed by atoms with E-state index in [0.717, 1.165) is 53.0 Å². The minimum atomic E-state index is -0.770. The summed E-state index contributed by atoms with van der Waals surface area (Å²) < 4.78 is 5.41. The second-order valence-corrected chi connectivity index (χ2v) is 10.8. The molecule has 2 aliphatic heterocycles. The quantitative estimate of drug-likeness (QED) is 0.342. The molecule has 36 heavy (non-hydrogen) atoms. The lowest BCUT2D eigenvalue weighted by atomic mass is 9.86. The second-order valence-electron chi connectivity index (χ2n) is 9.42. The van der Waals surface area contributed by atoms with Gasteiger partial charge in [-0.2, -0.15) is 0 Å². The molecule has 1 aromatic heterocycles. The molecule has 0 spiro atoms. The van der Waals surface area contributed by atoms with Crippen molar-refractivity contribution in [3.63, 3.8) is 0 Å². The van der Waals surface area contributed by atoms with E-state index in [1.807, 2.05) is 24.3 Å². The summed E-state index contributed by atoms with van der Waals surface area (Å²) in [5.74, 6) is 1.56. The molecule has 5 rings (SSSR count). The number of halogens is 1. The van der Waals surface area contributed by atoms with Gasteiger partial charge in [0.2, 0.25) is 5.91 Å². The Morgan fingerprint density at radius 2 is 2.19 bits per heavy atom. The van der Waals surface area contributed by atoms with E-state index in [9.17, 15) is 9.90 Å². The van der Waals surface area contributed by atoms with Crippen LogP contribution in [0.3, 0.4) is 0 Å². The number of pyridine rings is 1. The Hall–Kier alpha value is -2.36. The van der Waals surface area contributed by atoms with Crippen LogP contribution in [0.15, 0.2) is 47.5 Å². The van der Waals surface area contributed by atoms with Crippen LogP contribution in [-0.2, 0) is 11.3 Å². The number of nitrogens with one attached hydrogen (secondary N) is 3. The SMILES string of the molecule is COc1ccc2ncc(Cl)c(C(O)CC(NCc3ccc4c(c3)NC(=O)CS4)C3CCCNC3)c2c1. The first-order valence-electron chi connectivity index (χ1n) is 12.3. The van der Waals surface area contributed by atoms with E-state index >= 15 is 0 Å². The fourth-order valence-corrected chi connectivity index (χ4v) is 6.21. The average Bonchev–Trinajstić information content (AvgIpc) is 2.90. The molecule has 0 saturated carbocycles. The number of hydrogen-bond acceptors (Lipinski definition) is 7. The Bertz CT molecular complexity index is 1250. The van der Waals surface area contributed by atoms with Gasteiger partial charge in [-0.1, -0.05) is 17.7 Å². The maximum absolute atomic E-state index is 11.8. The van der Waals surface area contributed by atoms with E-state index in [0.29, 0.717) is 41.0 Å². The number of carbonyl (C=O) groups excluding carboxylic acids is 1. The van der Waals surface area contributed by atoms with Crippen LogP contribution >= 0.6 is 23.4 Å². The van der Waals surface area contributed by atoms with E-state index in [-0.39, 0.29) is 11.9 Å². The van der Waals surface area contributed by atoms with Gasteiger partial charge < -0.3 is 25.8 Å². The van der Waals surface area contributed by atoms with Gasteiger partial charge in [0.25, 0.3) is 0 Å². The lowest BCUT2D eigenvalue weighted by Crippen LogP contribution is -2.44. The van der Waals surface area contributed by atoms with Gasteiger partial charge in [-0.15, -0.1) is 11.8 Å². The molecule has 3 atom stereocenters. The van der Waals surface area contributed by atoms with Crippen LogP contribution in [0.4, 0.5) is 5.69 Å². The maximum atomic E-state index is 11.8. The van der Waals surface area contributed by atoms with Gasteiger partial charge in [0.1, 0.15) is 5.75 Å². The zero-order valence-corrected chi connectivity index (χ0v) is 21.8. The predicted molar refractivity (Wildman–Crippen MR) is 145 cm³/mol. The number of hydrogen-bond donors (Lipinski definition) is 4. The molecule has 1 saturated heterocycles. The topological polar surface area (TPSA) is 95.5 Å². The zero-order valence-electron chi connectivity index (χ0n) is 20.2. The van der Waals surface area contributed by atoms with Crippen LogP contribution in [0.5, 0.6) is 5.75 Å². The summed E-state index contributed by atoms with van der Waals surface area (Å²) in [6.07, 6.45) is 3.55. The van der Waals surface area contributed by atoms with Crippen molar-refractivity contribution in [2.45, 2.75) is 42.8 Å². The molecule has 1 amide bonds. The van der Waals surface area contributed by atoms with Crippen LogP contribution < -0.4 is 20.7 Å². The van der Waals surface area contributed by atoms with Crippen molar-refractivity contribution in [2.24, 2.45) is 5.92 Å². The van der Waals surface area contributed by atoms with Crippen molar-refractivity contribution in [1.29, 1.82) is 0 Å². The monoisotopic (exact) mass is 526 g/mol. The molecule has 3 unspecified atom stereocenters. The third-order valence-electron chi connectivity index (χ3n) is 7.03. The van der Waals surface area contributed by atoms with Crippen LogP contribution in [0.1, 0.15) is 36.5 Å². The molecule has 4 N–H and O–H groups in total. The molecule has 3 heterocycles. The second kappa shape index (κ2) is 11.4. The van der Waals surface area contributed by atoms with Crippen LogP contribution in [-0.4, -0.2) is 48.0 Å². The number of benzene rings is 2. The number of aromatic nitrogens is 1. The van der Waals surface area contributed by atoms with Gasteiger partial charge in [0, 0.05) is 34.6 Å². The molecule has 3 aromatic rings. The van der Waals surface area contributed by atoms with Crippen molar-refractivity contribution < 1.29 is 14.6 Å². The summed E-state index contributed by atoms with van der Waals surface area (Å²) in [7, 11) is 1.62. The van der Waals surface area contributed by atoms with E-state index in [4.69, 9.17) is 16.3 Å². The van der Waals surface area contributed by atoms with Crippen molar-refractivity contribution in [1.82, 2.24) is 15.6 Å². The predicted octanol–water partition coefficient (Wildman–Crippen LogP) is 4.52. The lowest BCUT2D eigenvalue weighted by molar-refractivity contribution is -0.113. The fourth-order valence-electron chi connectivity index (χ4n) is 5.15. The summed E-state index contributed by atoms with van der Waals surface area (Å²) in [4.78, 5) is 17.3. The number of methoxy groups -OCH3 is 1. The summed E-state index contributed by atoms with van der Waals surface area (Å²) in [5, 5.41) is 22.9. The number of nitrogens with zero attached hydrogens (tertiary/aromatic N) is 1. The highest BCUT2D eigenvalue weighted by atomic mass is 35.5. The highest BCUT2D eigenvalue weighted by Gasteiger charge is 2.28. The third-order valence-corrected chi connectivity index (χ3v) is 8.40. The molecule has 9 heteroatoms. The number of thioether (sulfide) groups is 1. The van der Waals surface area contributed by atoms with Gasteiger partial charge in [-0.3, -0.25) is 9.78 Å². The van der Waals surface area contributed by atoms with Gasteiger partial charge in [0.15, 0.2) is 0 Å². The molecule has 7 nitrogen and oxygen atoms in total. The van der Waals surface area contributed by atoms with Gasteiger partial charge >= 0.3 is 0 Å². The Balaban J connectivity index is 1.37. The molecule has 2 aromatic carbocycles. The highest BCUT2D eigenvalue weighted by Crippen LogP contribution is 2.36. The number of rotatable bonds is 8. The first-order chi connectivity index (χ1) is 17.5. The van der Waals surface area contributed by atoms with Crippen LogP contribution in [0.25, 0.3) is 10.9 Å². The molecule has 0 aliphatic carbocycles. The maximum Gasteiger partial charge on any atom is 0.234 e. The molecule has 190 valence electrons. The number of carbonyl (C=O) groups is 1. The van der Waals surface area contributed by atoms with Crippen molar-refractivity contribution in [2.75, 3.05) is 31.3 Å². The van der Waals surface area contributed by atoms with Gasteiger partial charge in [-0.05, 0) is 74.2 Å². The normalized spacial score (nSPS) is 19.4. The molecule has 0 radical (unpaired) electrons. The minimum Gasteiger partial charge on any atom is -0.497 e. The first-order valence-corrected chi connectivity index (χ1v) is 13.7. The first kappa shape index (κ1) is 25.3. The Morgan fingerprint density at radius 3 is 3.00 bits per heavy atom. The Morgan fingerprint density at radius 1 is 1.31 bits per heavy atom. The number of aliphatic hydroxyl groups is 1. The van der Waals surface area contributed by atoms with Crippen molar-refractivity contribution in [3.8, 4) is 5.75 Å². The smallest absolute Gasteiger partial charge is 0.234 e. The lowest BCUT2D eigenvalue weighted by Gasteiger charge is -2.33. The van der Waals surface area contributed by atoms with Gasteiger partial charge in [0.05, 0.1) is 35.2 Å². The fraction of sp³-hybridized carbons (Fsp3) is 0.407. The summed E-state index contributed by atoms with van der Waals surface area (Å²) in [6.45, 7) is 2.56. The average molecular weight is 527 g/mol. The zero-order chi connectivity index (χ0) is 25.1. The summed E-state index contributed by atoms with van der Waals surface area (Å²) >= 11 is 8.15. The number of ether oxygens (including phenoxy) is 1. The Labute approximate surface area is 220 Å². The van der Waals surface area contributed by atoms with E-state index in [1.165, 1.54) is 0 Å². The van der Waals surface area contributed by atoms with Crippen molar-refractivity contribution >= 4 is 45.9 Å². The number of fused-ring (bicyclic) bond motifs is 2.